The summed E-state index contributed by atoms with van der Waals surface area (Å²) in [5.41, 5.74) is 1.13. The number of ether oxygens (including phenoxy) is 1. The third-order valence-electron chi connectivity index (χ3n) is 2.54. The van der Waals surface area contributed by atoms with Crippen molar-refractivity contribution in [1.82, 2.24) is 9.38 Å². The van der Waals surface area contributed by atoms with Crippen molar-refractivity contribution in [1.29, 1.82) is 0 Å². The van der Waals surface area contributed by atoms with Crippen LogP contribution in [0.4, 0.5) is 0 Å². The maximum Gasteiger partial charge on any atom is 0.358 e. The fraction of sp³-hybridized carbons (Fsp3) is 0.273. The SMILES string of the molecule is COC(=O)c1c(S(C)(=O)=O)nc2c(C)cccn12. The predicted octanol–water partition coefficient (Wildman–Crippen LogP) is 0.833. The molecule has 2 aromatic heterocycles. The smallest absolute Gasteiger partial charge is 0.358 e. The van der Waals surface area contributed by atoms with Crippen molar-refractivity contribution in [2.45, 2.75) is 11.9 Å². The van der Waals surface area contributed by atoms with Crippen LogP contribution >= 0.6 is 0 Å². The molecule has 0 unspecified atom stereocenters. The highest BCUT2D eigenvalue weighted by Crippen LogP contribution is 2.20. The number of imidazole rings is 1. The molecule has 0 saturated heterocycles. The number of carbonyl (C=O) groups excluding carboxylic acids is 1. The molecule has 18 heavy (non-hydrogen) atoms. The molecule has 0 aliphatic rings. The lowest BCUT2D eigenvalue weighted by atomic mass is 10.3. The fourth-order valence-electron chi connectivity index (χ4n) is 1.72. The van der Waals surface area contributed by atoms with E-state index < -0.39 is 15.8 Å². The Morgan fingerprint density at radius 3 is 2.67 bits per heavy atom. The van der Waals surface area contributed by atoms with E-state index in [1.165, 1.54) is 11.5 Å². The number of hydrogen-bond acceptors (Lipinski definition) is 5. The summed E-state index contributed by atoms with van der Waals surface area (Å²) in [6.07, 6.45) is 2.59. The Labute approximate surface area is 104 Å². The molecule has 2 heterocycles. The van der Waals surface area contributed by atoms with Gasteiger partial charge in [0, 0.05) is 12.5 Å². The Morgan fingerprint density at radius 1 is 1.44 bits per heavy atom. The first-order chi connectivity index (χ1) is 8.36. The molecule has 6 nitrogen and oxygen atoms in total. The molecule has 0 atom stereocenters. The van der Waals surface area contributed by atoms with Gasteiger partial charge in [-0.15, -0.1) is 0 Å². The van der Waals surface area contributed by atoms with Crippen LogP contribution in [0.1, 0.15) is 16.1 Å². The molecule has 0 amide bonds. The zero-order valence-corrected chi connectivity index (χ0v) is 11.0. The molecule has 0 N–H and O–H groups in total. The maximum absolute atomic E-state index is 11.7. The molecule has 0 fully saturated rings. The summed E-state index contributed by atoms with van der Waals surface area (Å²) >= 11 is 0. The second-order valence-corrected chi connectivity index (χ2v) is 5.85. The number of aromatic nitrogens is 2. The molecule has 0 aliphatic heterocycles. The summed E-state index contributed by atoms with van der Waals surface area (Å²) in [6.45, 7) is 1.79. The summed E-state index contributed by atoms with van der Waals surface area (Å²) in [4.78, 5) is 15.7. The van der Waals surface area contributed by atoms with Gasteiger partial charge in [-0.3, -0.25) is 4.40 Å². The highest BCUT2D eigenvalue weighted by atomic mass is 32.2. The van der Waals surface area contributed by atoms with Crippen LogP contribution in [0.25, 0.3) is 5.65 Å². The Balaban J connectivity index is 2.94. The number of pyridine rings is 1. The van der Waals surface area contributed by atoms with Crippen molar-refractivity contribution in [3.63, 3.8) is 0 Å². The van der Waals surface area contributed by atoms with E-state index in [-0.39, 0.29) is 10.7 Å². The molecule has 2 aromatic rings. The number of carbonyl (C=O) groups is 1. The van der Waals surface area contributed by atoms with Gasteiger partial charge >= 0.3 is 5.97 Å². The molecule has 96 valence electrons. The van der Waals surface area contributed by atoms with E-state index in [0.717, 1.165) is 11.8 Å². The second kappa shape index (κ2) is 4.09. The highest BCUT2D eigenvalue weighted by molar-refractivity contribution is 7.90. The first-order valence-electron chi connectivity index (χ1n) is 5.12. The van der Waals surface area contributed by atoms with Gasteiger partial charge < -0.3 is 4.74 Å². The van der Waals surface area contributed by atoms with E-state index in [2.05, 4.69) is 9.72 Å². The molecular formula is C11H12N2O4S. The van der Waals surface area contributed by atoms with E-state index in [1.807, 2.05) is 0 Å². The summed E-state index contributed by atoms with van der Waals surface area (Å²) in [7, 11) is -2.40. The molecule has 0 aliphatic carbocycles. The van der Waals surface area contributed by atoms with Crippen molar-refractivity contribution in [2.75, 3.05) is 13.4 Å². The largest absolute Gasteiger partial charge is 0.464 e. The van der Waals surface area contributed by atoms with E-state index in [0.29, 0.717) is 5.65 Å². The lowest BCUT2D eigenvalue weighted by molar-refractivity contribution is 0.0588. The number of aryl methyl sites for hydroxylation is 1. The van der Waals surface area contributed by atoms with Gasteiger partial charge in [-0.1, -0.05) is 6.07 Å². The summed E-state index contributed by atoms with van der Waals surface area (Å²) < 4.78 is 29.4. The minimum Gasteiger partial charge on any atom is -0.464 e. The van der Waals surface area contributed by atoms with Gasteiger partial charge in [0.2, 0.25) is 0 Å². The zero-order valence-electron chi connectivity index (χ0n) is 10.2. The number of sulfone groups is 1. The van der Waals surface area contributed by atoms with Crippen molar-refractivity contribution >= 4 is 21.5 Å². The van der Waals surface area contributed by atoms with Gasteiger partial charge in [0.05, 0.1) is 7.11 Å². The molecule has 0 aromatic carbocycles. The molecule has 7 heteroatoms. The van der Waals surface area contributed by atoms with E-state index in [9.17, 15) is 13.2 Å². The number of rotatable bonds is 2. The highest BCUT2D eigenvalue weighted by Gasteiger charge is 2.26. The van der Waals surface area contributed by atoms with Crippen molar-refractivity contribution in [3.05, 3.63) is 29.6 Å². The Kier molecular flexibility index (Phi) is 2.86. The number of hydrogen-bond donors (Lipinski definition) is 0. The van der Waals surface area contributed by atoms with Gasteiger partial charge in [-0.2, -0.15) is 0 Å². The average molecular weight is 268 g/mol. The third-order valence-corrected chi connectivity index (χ3v) is 3.53. The molecule has 0 spiro atoms. The van der Waals surface area contributed by atoms with Crippen molar-refractivity contribution in [2.24, 2.45) is 0 Å². The molecule has 2 rings (SSSR count). The molecular weight excluding hydrogens is 256 g/mol. The predicted molar refractivity (Wildman–Crippen MR) is 64.4 cm³/mol. The molecule has 0 radical (unpaired) electrons. The fourth-order valence-corrected chi connectivity index (χ4v) is 2.51. The Hall–Kier alpha value is -1.89. The first-order valence-corrected chi connectivity index (χ1v) is 7.01. The minimum atomic E-state index is -3.60. The second-order valence-electron chi connectivity index (χ2n) is 3.91. The van der Waals surface area contributed by atoms with Gasteiger partial charge in [0.1, 0.15) is 5.65 Å². The normalized spacial score (nSPS) is 11.7. The van der Waals surface area contributed by atoms with E-state index >= 15 is 0 Å². The van der Waals surface area contributed by atoms with Crippen LogP contribution in [-0.2, 0) is 14.6 Å². The monoisotopic (exact) mass is 268 g/mol. The Bertz CT molecular complexity index is 731. The van der Waals surface area contributed by atoms with Gasteiger partial charge in [-0.25, -0.2) is 18.2 Å². The van der Waals surface area contributed by atoms with Gasteiger partial charge in [0.25, 0.3) is 0 Å². The van der Waals surface area contributed by atoms with Gasteiger partial charge in [-0.05, 0) is 18.6 Å². The summed E-state index contributed by atoms with van der Waals surface area (Å²) in [6, 6.07) is 3.50. The van der Waals surface area contributed by atoms with E-state index in [4.69, 9.17) is 0 Å². The van der Waals surface area contributed by atoms with Gasteiger partial charge in [0.15, 0.2) is 20.6 Å². The lowest BCUT2D eigenvalue weighted by Crippen LogP contribution is -2.11. The minimum absolute atomic E-state index is 0.0706. The van der Waals surface area contributed by atoms with Crippen molar-refractivity contribution < 1.29 is 17.9 Å². The summed E-state index contributed by atoms with van der Waals surface area (Å²) in [5, 5.41) is -0.261. The third kappa shape index (κ3) is 1.86. The van der Waals surface area contributed by atoms with Crippen LogP contribution < -0.4 is 0 Å². The van der Waals surface area contributed by atoms with Crippen molar-refractivity contribution in [3.8, 4) is 0 Å². The first kappa shape index (κ1) is 12.6. The number of nitrogens with zero attached hydrogens (tertiary/aromatic N) is 2. The zero-order chi connectivity index (χ0) is 13.5. The van der Waals surface area contributed by atoms with Crippen LogP contribution in [0.15, 0.2) is 23.4 Å². The topological polar surface area (TPSA) is 77.7 Å². The Morgan fingerprint density at radius 2 is 2.11 bits per heavy atom. The lowest BCUT2D eigenvalue weighted by Gasteiger charge is -2.02. The van der Waals surface area contributed by atoms with Crippen LogP contribution in [-0.4, -0.2) is 37.1 Å². The number of fused-ring (bicyclic) bond motifs is 1. The molecule has 0 saturated carbocycles. The van der Waals surface area contributed by atoms with E-state index in [1.54, 1.807) is 25.3 Å². The maximum atomic E-state index is 11.7. The number of esters is 1. The average Bonchev–Trinajstić information content (AvgIpc) is 2.68. The summed E-state index contributed by atoms with van der Waals surface area (Å²) in [5.74, 6) is -0.728. The quantitative estimate of drug-likeness (QED) is 0.754. The van der Waals surface area contributed by atoms with Crippen LogP contribution in [0, 0.1) is 6.92 Å². The van der Waals surface area contributed by atoms with Crippen LogP contribution in [0.5, 0.6) is 0 Å². The van der Waals surface area contributed by atoms with Crippen LogP contribution in [0.2, 0.25) is 0 Å². The molecule has 0 bridgehead atoms. The standard InChI is InChI=1S/C11H12N2O4S/c1-7-5-4-6-13-8(11(14)17-2)10(12-9(7)13)18(3,15)16/h4-6H,1-3H3. The number of methoxy groups -OCH3 is 1. The van der Waals surface area contributed by atoms with Crippen LogP contribution in [0.3, 0.4) is 0 Å².